The number of fused-ring (bicyclic) bond motifs is 2. The van der Waals surface area contributed by atoms with Crippen LogP contribution in [0.15, 0.2) is 53.9 Å². The number of rotatable bonds is 4. The van der Waals surface area contributed by atoms with Crippen molar-refractivity contribution in [3.63, 3.8) is 0 Å². The standard InChI is InChI=1S/C24H19F2N3O3S/c1-13-4-9-20(27-21(13)14-5-6-15-12-33-29-17(15)10-14)28-22(30)23(2,3)16-7-8-18-19(11-16)32-24(25,26)31-18/h4-12H,1-3H3,(H,27,28,30). The molecule has 2 aromatic carbocycles. The van der Waals surface area contributed by atoms with Crippen LogP contribution in [0.5, 0.6) is 11.5 Å². The van der Waals surface area contributed by atoms with Gasteiger partial charge < -0.3 is 14.8 Å². The van der Waals surface area contributed by atoms with Crippen molar-refractivity contribution < 1.29 is 23.0 Å². The van der Waals surface area contributed by atoms with E-state index in [1.807, 2.05) is 36.6 Å². The number of carbonyl (C=O) groups is 1. The minimum Gasteiger partial charge on any atom is -0.395 e. The molecule has 0 atom stereocenters. The van der Waals surface area contributed by atoms with Gasteiger partial charge in [0.1, 0.15) is 5.82 Å². The summed E-state index contributed by atoms with van der Waals surface area (Å²) in [6, 6.07) is 13.9. The summed E-state index contributed by atoms with van der Waals surface area (Å²) in [7, 11) is 0. The van der Waals surface area contributed by atoms with Crippen LogP contribution >= 0.6 is 11.5 Å². The SMILES string of the molecule is Cc1ccc(NC(=O)C(C)(C)c2ccc3c(c2)OC(F)(F)O3)nc1-c1ccc2csnc2c1. The number of alkyl halides is 2. The van der Waals surface area contributed by atoms with E-state index in [4.69, 9.17) is 0 Å². The zero-order valence-electron chi connectivity index (χ0n) is 18.0. The maximum atomic E-state index is 13.4. The van der Waals surface area contributed by atoms with Crippen molar-refractivity contribution in [2.75, 3.05) is 5.32 Å². The topological polar surface area (TPSA) is 73.3 Å². The number of aryl methyl sites for hydroxylation is 1. The van der Waals surface area contributed by atoms with Gasteiger partial charge in [-0.15, -0.1) is 8.78 Å². The quantitative estimate of drug-likeness (QED) is 0.404. The van der Waals surface area contributed by atoms with Crippen molar-refractivity contribution in [1.82, 2.24) is 9.36 Å². The molecule has 0 saturated heterocycles. The molecule has 0 radical (unpaired) electrons. The molecule has 33 heavy (non-hydrogen) atoms. The second-order valence-electron chi connectivity index (χ2n) is 8.36. The first-order chi connectivity index (χ1) is 15.6. The van der Waals surface area contributed by atoms with Gasteiger partial charge in [-0.3, -0.25) is 4.79 Å². The van der Waals surface area contributed by atoms with Gasteiger partial charge in [0.2, 0.25) is 5.91 Å². The molecule has 0 bridgehead atoms. The Kier molecular flexibility index (Phi) is 4.82. The summed E-state index contributed by atoms with van der Waals surface area (Å²) in [5.41, 5.74) is 2.94. The zero-order chi connectivity index (χ0) is 23.4. The number of benzene rings is 2. The number of ether oxygens (including phenoxy) is 2. The fraction of sp³-hybridized carbons (Fsp3) is 0.208. The lowest BCUT2D eigenvalue weighted by atomic mass is 9.83. The summed E-state index contributed by atoms with van der Waals surface area (Å²) in [6.45, 7) is 5.35. The van der Waals surface area contributed by atoms with Crippen LogP contribution in [0.3, 0.4) is 0 Å². The molecule has 1 aliphatic heterocycles. The first kappa shape index (κ1) is 21.3. The predicted molar refractivity (Wildman–Crippen MR) is 122 cm³/mol. The molecule has 0 saturated carbocycles. The number of aromatic nitrogens is 2. The van der Waals surface area contributed by atoms with Gasteiger partial charge in [0, 0.05) is 16.3 Å². The van der Waals surface area contributed by atoms with Gasteiger partial charge in [0.05, 0.1) is 16.6 Å². The smallest absolute Gasteiger partial charge is 0.395 e. The Balaban J connectivity index is 1.41. The lowest BCUT2D eigenvalue weighted by Crippen LogP contribution is -2.35. The Morgan fingerprint density at radius 3 is 2.67 bits per heavy atom. The van der Waals surface area contributed by atoms with Crippen LogP contribution < -0.4 is 14.8 Å². The number of hydrogen-bond donors (Lipinski definition) is 1. The molecule has 1 N–H and O–H groups in total. The van der Waals surface area contributed by atoms with Crippen LogP contribution in [0.25, 0.3) is 22.2 Å². The molecule has 2 aromatic heterocycles. The highest BCUT2D eigenvalue weighted by Gasteiger charge is 2.44. The van der Waals surface area contributed by atoms with Gasteiger partial charge in [-0.25, -0.2) is 4.98 Å². The van der Waals surface area contributed by atoms with Gasteiger partial charge in [-0.05, 0) is 67.7 Å². The number of pyridine rings is 1. The number of nitrogens with one attached hydrogen (secondary N) is 1. The third-order valence-electron chi connectivity index (χ3n) is 5.66. The maximum absolute atomic E-state index is 13.4. The fourth-order valence-corrected chi connectivity index (χ4v) is 4.28. The highest BCUT2D eigenvalue weighted by molar-refractivity contribution is 7.04. The lowest BCUT2D eigenvalue weighted by molar-refractivity contribution is -0.286. The van der Waals surface area contributed by atoms with Crippen LogP contribution in [0.1, 0.15) is 25.0 Å². The van der Waals surface area contributed by atoms with E-state index in [1.165, 1.54) is 23.7 Å². The van der Waals surface area contributed by atoms with Gasteiger partial charge in [0.25, 0.3) is 0 Å². The van der Waals surface area contributed by atoms with Gasteiger partial charge >= 0.3 is 6.29 Å². The summed E-state index contributed by atoms with van der Waals surface area (Å²) in [4.78, 5) is 17.8. The van der Waals surface area contributed by atoms with Gasteiger partial charge in [-0.1, -0.05) is 24.3 Å². The molecule has 0 spiro atoms. The lowest BCUT2D eigenvalue weighted by Gasteiger charge is -2.24. The molecule has 0 unspecified atom stereocenters. The van der Waals surface area contributed by atoms with Crippen molar-refractivity contribution in [1.29, 1.82) is 0 Å². The Hall–Kier alpha value is -3.59. The summed E-state index contributed by atoms with van der Waals surface area (Å²) < 4.78 is 40.1. The molecule has 9 heteroatoms. The van der Waals surface area contributed by atoms with Crippen LogP contribution in [0.4, 0.5) is 14.6 Å². The monoisotopic (exact) mass is 467 g/mol. The second kappa shape index (κ2) is 7.48. The number of carbonyl (C=O) groups excluding carboxylic acids is 1. The minimum atomic E-state index is -3.71. The zero-order valence-corrected chi connectivity index (χ0v) is 18.8. The van der Waals surface area contributed by atoms with E-state index in [9.17, 15) is 13.6 Å². The van der Waals surface area contributed by atoms with E-state index in [-0.39, 0.29) is 17.4 Å². The summed E-state index contributed by atoms with van der Waals surface area (Å²) in [5, 5.41) is 5.90. The van der Waals surface area contributed by atoms with Crippen molar-refractivity contribution in [2.24, 2.45) is 0 Å². The maximum Gasteiger partial charge on any atom is 0.586 e. The molecule has 168 valence electrons. The summed E-state index contributed by atoms with van der Waals surface area (Å²) in [5.74, 6) is -0.127. The molecular weight excluding hydrogens is 448 g/mol. The first-order valence-electron chi connectivity index (χ1n) is 10.2. The van der Waals surface area contributed by atoms with E-state index in [1.54, 1.807) is 26.0 Å². The van der Waals surface area contributed by atoms with E-state index >= 15 is 0 Å². The minimum absolute atomic E-state index is 0.0677. The number of halogens is 2. The molecule has 0 fully saturated rings. The fourth-order valence-electron chi connectivity index (χ4n) is 3.64. The molecule has 6 nitrogen and oxygen atoms in total. The number of hydrogen-bond acceptors (Lipinski definition) is 6. The highest BCUT2D eigenvalue weighted by Crippen LogP contribution is 2.43. The molecule has 3 heterocycles. The molecular formula is C24H19F2N3O3S. The second-order valence-corrected chi connectivity index (χ2v) is 8.99. The van der Waals surface area contributed by atoms with Gasteiger partial charge in [-0.2, -0.15) is 4.37 Å². The van der Waals surface area contributed by atoms with Crippen LogP contribution in [-0.4, -0.2) is 21.6 Å². The van der Waals surface area contributed by atoms with Crippen molar-refractivity contribution in [2.45, 2.75) is 32.5 Å². The van der Waals surface area contributed by atoms with E-state index in [0.29, 0.717) is 11.4 Å². The Morgan fingerprint density at radius 2 is 1.85 bits per heavy atom. The van der Waals surface area contributed by atoms with Crippen molar-refractivity contribution in [3.8, 4) is 22.8 Å². The van der Waals surface area contributed by atoms with E-state index < -0.39 is 11.7 Å². The Bertz CT molecular complexity index is 1400. The van der Waals surface area contributed by atoms with Gasteiger partial charge in [0.15, 0.2) is 11.5 Å². The molecule has 4 aromatic rings. The third kappa shape index (κ3) is 3.89. The summed E-state index contributed by atoms with van der Waals surface area (Å²) in [6.07, 6.45) is -3.71. The third-order valence-corrected chi connectivity index (χ3v) is 6.33. The molecule has 1 aliphatic rings. The van der Waals surface area contributed by atoms with Crippen LogP contribution in [0, 0.1) is 6.92 Å². The van der Waals surface area contributed by atoms with Crippen molar-refractivity contribution in [3.05, 3.63) is 65.0 Å². The average molecular weight is 467 g/mol. The average Bonchev–Trinajstić information content (AvgIpc) is 3.35. The number of nitrogens with zero attached hydrogens (tertiary/aromatic N) is 2. The van der Waals surface area contributed by atoms with Crippen LogP contribution in [0.2, 0.25) is 0 Å². The largest absolute Gasteiger partial charge is 0.586 e. The van der Waals surface area contributed by atoms with Crippen molar-refractivity contribution >= 4 is 34.2 Å². The van der Waals surface area contributed by atoms with Crippen LogP contribution in [-0.2, 0) is 10.2 Å². The van der Waals surface area contributed by atoms with E-state index in [2.05, 4.69) is 24.1 Å². The summed E-state index contributed by atoms with van der Waals surface area (Å²) >= 11 is 1.39. The Labute approximate surface area is 192 Å². The number of anilines is 1. The molecule has 5 rings (SSSR count). The Morgan fingerprint density at radius 1 is 1.06 bits per heavy atom. The normalized spacial score (nSPS) is 14.5. The highest BCUT2D eigenvalue weighted by atomic mass is 32.1. The molecule has 0 aliphatic carbocycles. The number of amides is 1. The molecule has 1 amide bonds. The predicted octanol–water partition coefficient (Wildman–Crippen LogP) is 5.90. The van der Waals surface area contributed by atoms with E-state index in [0.717, 1.165) is 27.7 Å². The first-order valence-corrected chi connectivity index (χ1v) is 11.0.